The summed E-state index contributed by atoms with van der Waals surface area (Å²) in [6.45, 7) is 4.22. The molecule has 1 heterocycles. The lowest BCUT2D eigenvalue weighted by Crippen LogP contribution is -2.09. The molecule has 1 saturated carbocycles. The van der Waals surface area contributed by atoms with Gasteiger partial charge in [0.25, 0.3) is 0 Å². The molecule has 14 heavy (non-hydrogen) atoms. The maximum Gasteiger partial charge on any atom is 0.172 e. The van der Waals surface area contributed by atoms with Crippen molar-refractivity contribution in [1.82, 2.24) is 15.0 Å². The standard InChI is InChI=1S/C10H15N3O/c1-3-7(2)13-10(8-4-5-8)9(6-14)11-12-13/h6-8H,3-5H2,1-2H3. The van der Waals surface area contributed by atoms with Crippen LogP contribution in [-0.2, 0) is 0 Å². The SMILES string of the molecule is CCC(C)n1nnc(C=O)c1C1CC1. The van der Waals surface area contributed by atoms with Crippen molar-refractivity contribution in [2.45, 2.75) is 45.1 Å². The first-order valence-electron chi connectivity index (χ1n) is 5.18. The highest BCUT2D eigenvalue weighted by Crippen LogP contribution is 2.41. The second kappa shape index (κ2) is 3.52. The van der Waals surface area contributed by atoms with Gasteiger partial charge in [-0.1, -0.05) is 12.1 Å². The average molecular weight is 193 g/mol. The molecule has 0 N–H and O–H groups in total. The van der Waals surface area contributed by atoms with E-state index in [0.717, 1.165) is 18.4 Å². The van der Waals surface area contributed by atoms with Crippen molar-refractivity contribution in [2.24, 2.45) is 0 Å². The molecule has 4 nitrogen and oxygen atoms in total. The van der Waals surface area contributed by atoms with Crippen LogP contribution in [-0.4, -0.2) is 21.3 Å². The van der Waals surface area contributed by atoms with Crippen molar-refractivity contribution in [3.63, 3.8) is 0 Å². The van der Waals surface area contributed by atoms with Gasteiger partial charge in [-0.3, -0.25) is 4.79 Å². The van der Waals surface area contributed by atoms with Gasteiger partial charge >= 0.3 is 0 Å². The Morgan fingerprint density at radius 3 is 2.86 bits per heavy atom. The molecule has 0 bridgehead atoms. The molecule has 4 heteroatoms. The Balaban J connectivity index is 2.38. The lowest BCUT2D eigenvalue weighted by Gasteiger charge is -2.11. The van der Waals surface area contributed by atoms with Gasteiger partial charge in [-0.25, -0.2) is 4.68 Å². The van der Waals surface area contributed by atoms with Gasteiger partial charge in [0.05, 0.1) is 11.7 Å². The van der Waals surface area contributed by atoms with E-state index in [0.29, 0.717) is 17.7 Å². The van der Waals surface area contributed by atoms with Gasteiger partial charge in [0.15, 0.2) is 6.29 Å². The summed E-state index contributed by atoms with van der Waals surface area (Å²) in [6.07, 6.45) is 4.18. The van der Waals surface area contributed by atoms with Gasteiger partial charge in [0.2, 0.25) is 0 Å². The zero-order valence-electron chi connectivity index (χ0n) is 8.60. The minimum atomic E-state index is 0.340. The van der Waals surface area contributed by atoms with E-state index in [2.05, 4.69) is 24.2 Å². The Kier molecular flexibility index (Phi) is 2.35. The predicted molar refractivity (Wildman–Crippen MR) is 52.4 cm³/mol. The van der Waals surface area contributed by atoms with Crippen LogP contribution in [0.5, 0.6) is 0 Å². The maximum atomic E-state index is 10.8. The Hall–Kier alpha value is -1.19. The van der Waals surface area contributed by atoms with E-state index in [9.17, 15) is 4.79 Å². The smallest absolute Gasteiger partial charge is 0.172 e. The molecular formula is C10H15N3O. The lowest BCUT2D eigenvalue weighted by atomic mass is 10.2. The van der Waals surface area contributed by atoms with E-state index in [1.54, 1.807) is 0 Å². The van der Waals surface area contributed by atoms with Crippen molar-refractivity contribution < 1.29 is 4.79 Å². The van der Waals surface area contributed by atoms with Crippen LogP contribution >= 0.6 is 0 Å². The van der Waals surface area contributed by atoms with Gasteiger partial charge in [-0.15, -0.1) is 5.10 Å². The molecule has 1 aromatic heterocycles. The molecule has 1 aromatic rings. The average Bonchev–Trinajstić information content (AvgIpc) is 2.96. The summed E-state index contributed by atoms with van der Waals surface area (Å²) in [5.41, 5.74) is 1.59. The minimum Gasteiger partial charge on any atom is -0.296 e. The summed E-state index contributed by atoms with van der Waals surface area (Å²) in [6, 6.07) is 0.340. The zero-order chi connectivity index (χ0) is 10.1. The second-order valence-corrected chi connectivity index (χ2v) is 3.95. The molecule has 2 rings (SSSR count). The topological polar surface area (TPSA) is 47.8 Å². The monoisotopic (exact) mass is 193 g/mol. The number of aldehydes is 1. The Bertz CT molecular complexity index is 341. The number of aromatic nitrogens is 3. The van der Waals surface area contributed by atoms with E-state index in [4.69, 9.17) is 0 Å². The number of hydrogen-bond acceptors (Lipinski definition) is 3. The zero-order valence-corrected chi connectivity index (χ0v) is 8.60. The fraction of sp³-hybridized carbons (Fsp3) is 0.700. The van der Waals surface area contributed by atoms with Crippen molar-refractivity contribution >= 4 is 6.29 Å². The first kappa shape index (κ1) is 9.37. The van der Waals surface area contributed by atoms with Gasteiger partial charge in [-0.05, 0) is 26.2 Å². The highest BCUT2D eigenvalue weighted by Gasteiger charge is 2.32. The molecule has 76 valence electrons. The second-order valence-electron chi connectivity index (χ2n) is 3.95. The molecule has 1 unspecified atom stereocenters. The van der Waals surface area contributed by atoms with Crippen LogP contribution in [0.4, 0.5) is 0 Å². The third-order valence-electron chi connectivity index (χ3n) is 2.84. The molecule has 0 spiro atoms. The largest absolute Gasteiger partial charge is 0.296 e. The van der Waals surface area contributed by atoms with Crippen LogP contribution in [0.1, 0.15) is 61.3 Å². The van der Waals surface area contributed by atoms with Crippen LogP contribution in [0.2, 0.25) is 0 Å². The third-order valence-corrected chi connectivity index (χ3v) is 2.84. The van der Waals surface area contributed by atoms with Crippen LogP contribution in [0.25, 0.3) is 0 Å². The molecule has 1 aliphatic carbocycles. The van der Waals surface area contributed by atoms with Crippen LogP contribution in [0.15, 0.2) is 0 Å². The van der Waals surface area contributed by atoms with E-state index in [-0.39, 0.29) is 0 Å². The minimum absolute atomic E-state index is 0.340. The molecule has 0 amide bonds. The fourth-order valence-electron chi connectivity index (χ4n) is 1.65. The van der Waals surface area contributed by atoms with E-state index >= 15 is 0 Å². The number of carbonyl (C=O) groups is 1. The quantitative estimate of drug-likeness (QED) is 0.686. The Morgan fingerprint density at radius 1 is 1.64 bits per heavy atom. The molecule has 0 radical (unpaired) electrons. The summed E-state index contributed by atoms with van der Waals surface area (Å²) in [5.74, 6) is 0.527. The highest BCUT2D eigenvalue weighted by atomic mass is 16.1. The molecular weight excluding hydrogens is 178 g/mol. The first-order valence-corrected chi connectivity index (χ1v) is 5.18. The normalized spacial score (nSPS) is 18.1. The summed E-state index contributed by atoms with van der Waals surface area (Å²) in [4.78, 5) is 10.8. The number of rotatable bonds is 4. The van der Waals surface area contributed by atoms with Crippen LogP contribution in [0.3, 0.4) is 0 Å². The van der Waals surface area contributed by atoms with Crippen LogP contribution < -0.4 is 0 Å². The van der Waals surface area contributed by atoms with Crippen molar-refractivity contribution in [1.29, 1.82) is 0 Å². The summed E-state index contributed by atoms with van der Waals surface area (Å²) in [5, 5.41) is 7.96. The molecule has 1 aliphatic rings. The van der Waals surface area contributed by atoms with Gasteiger partial charge in [0, 0.05) is 5.92 Å². The van der Waals surface area contributed by atoms with Crippen LogP contribution in [0, 0.1) is 0 Å². The lowest BCUT2D eigenvalue weighted by molar-refractivity contribution is 0.111. The Morgan fingerprint density at radius 2 is 2.36 bits per heavy atom. The fourth-order valence-corrected chi connectivity index (χ4v) is 1.65. The first-order chi connectivity index (χ1) is 6.77. The van der Waals surface area contributed by atoms with Crippen molar-refractivity contribution in [2.75, 3.05) is 0 Å². The molecule has 1 fully saturated rings. The molecule has 0 aromatic carbocycles. The van der Waals surface area contributed by atoms with Crippen molar-refractivity contribution in [3.8, 4) is 0 Å². The number of nitrogens with zero attached hydrogens (tertiary/aromatic N) is 3. The predicted octanol–water partition coefficient (Wildman–Crippen LogP) is 1.94. The van der Waals surface area contributed by atoms with Crippen molar-refractivity contribution in [3.05, 3.63) is 11.4 Å². The third kappa shape index (κ3) is 1.45. The van der Waals surface area contributed by atoms with Gasteiger partial charge in [-0.2, -0.15) is 0 Å². The van der Waals surface area contributed by atoms with E-state index in [1.807, 2.05) is 4.68 Å². The Labute approximate surface area is 83.3 Å². The summed E-state index contributed by atoms with van der Waals surface area (Å²) < 4.78 is 1.92. The van der Waals surface area contributed by atoms with E-state index < -0.39 is 0 Å². The van der Waals surface area contributed by atoms with Gasteiger partial charge < -0.3 is 0 Å². The maximum absolute atomic E-state index is 10.8. The molecule has 1 atom stereocenters. The van der Waals surface area contributed by atoms with E-state index in [1.165, 1.54) is 12.8 Å². The highest BCUT2D eigenvalue weighted by molar-refractivity contribution is 5.73. The molecule has 0 aliphatic heterocycles. The summed E-state index contributed by atoms with van der Waals surface area (Å²) >= 11 is 0. The summed E-state index contributed by atoms with van der Waals surface area (Å²) in [7, 11) is 0. The number of carbonyl (C=O) groups excluding carboxylic acids is 1. The number of hydrogen-bond donors (Lipinski definition) is 0. The molecule has 0 saturated heterocycles. The van der Waals surface area contributed by atoms with Gasteiger partial charge in [0.1, 0.15) is 5.69 Å².